The Hall–Kier alpha value is -3.34. The van der Waals surface area contributed by atoms with Gasteiger partial charge in [-0.05, 0) is 25.1 Å². The summed E-state index contributed by atoms with van der Waals surface area (Å²) in [7, 11) is 3.38. The van der Waals surface area contributed by atoms with Gasteiger partial charge in [0.2, 0.25) is 11.8 Å². The van der Waals surface area contributed by atoms with Gasteiger partial charge < -0.3 is 29.6 Å². The Morgan fingerprint density at radius 1 is 1.09 bits per heavy atom. The molecular formula is C21H21BrN2O8. The van der Waals surface area contributed by atoms with E-state index in [2.05, 4.69) is 15.9 Å². The second-order valence-corrected chi connectivity index (χ2v) is 7.75. The Bertz CT molecular complexity index is 1090. The van der Waals surface area contributed by atoms with Crippen molar-refractivity contribution in [3.05, 3.63) is 51.0 Å². The molecule has 0 bridgehead atoms. The molecule has 2 heterocycles. The van der Waals surface area contributed by atoms with Gasteiger partial charge in [-0.2, -0.15) is 0 Å². The van der Waals surface area contributed by atoms with Crippen LogP contribution in [0, 0.1) is 0 Å². The molecule has 2 aliphatic rings. The lowest BCUT2D eigenvalue weighted by Crippen LogP contribution is -2.51. The van der Waals surface area contributed by atoms with E-state index in [-0.39, 0.29) is 29.0 Å². The van der Waals surface area contributed by atoms with Gasteiger partial charge in [0.05, 0.1) is 21.3 Å². The number of methoxy groups -OCH3 is 3. The van der Waals surface area contributed by atoms with Gasteiger partial charge >= 0.3 is 17.9 Å². The number of benzene rings is 1. The molecular weight excluding hydrogens is 488 g/mol. The third-order valence-corrected chi connectivity index (χ3v) is 5.85. The van der Waals surface area contributed by atoms with E-state index in [4.69, 9.17) is 24.7 Å². The normalized spacial score (nSPS) is 19.7. The van der Waals surface area contributed by atoms with Crippen molar-refractivity contribution in [2.75, 3.05) is 32.8 Å². The molecule has 0 aromatic heterocycles. The van der Waals surface area contributed by atoms with Crippen LogP contribution in [-0.4, -0.2) is 51.7 Å². The van der Waals surface area contributed by atoms with Gasteiger partial charge in [-0.15, -0.1) is 0 Å². The lowest BCUT2D eigenvalue weighted by atomic mass is 9.67. The average Bonchev–Trinajstić information content (AvgIpc) is 3.00. The number of hydrogen-bond donors (Lipinski definition) is 1. The van der Waals surface area contributed by atoms with Crippen LogP contribution in [-0.2, 0) is 43.5 Å². The fraction of sp³-hybridized carbons (Fsp3) is 0.333. The van der Waals surface area contributed by atoms with E-state index in [9.17, 15) is 19.2 Å². The highest BCUT2D eigenvalue weighted by Gasteiger charge is 2.64. The topological polar surface area (TPSA) is 134 Å². The summed E-state index contributed by atoms with van der Waals surface area (Å²) in [5.74, 6) is -4.07. The first-order valence-corrected chi connectivity index (χ1v) is 10.2. The molecule has 1 aromatic rings. The third-order valence-electron chi connectivity index (χ3n) is 5.36. The van der Waals surface area contributed by atoms with E-state index in [0.29, 0.717) is 10.2 Å². The van der Waals surface area contributed by atoms with Crippen molar-refractivity contribution in [2.45, 2.75) is 18.8 Å². The molecule has 10 nitrogen and oxygen atoms in total. The third kappa shape index (κ3) is 3.24. The second kappa shape index (κ2) is 8.65. The summed E-state index contributed by atoms with van der Waals surface area (Å²) in [6.07, 6.45) is -0.527. The van der Waals surface area contributed by atoms with E-state index >= 15 is 0 Å². The van der Waals surface area contributed by atoms with Crippen molar-refractivity contribution in [1.29, 1.82) is 0 Å². The predicted molar refractivity (Wildman–Crippen MR) is 114 cm³/mol. The average molecular weight is 509 g/mol. The molecule has 0 saturated carbocycles. The number of carbonyl (C=O) groups is 4. The number of nitrogens with zero attached hydrogens (tertiary/aromatic N) is 1. The van der Waals surface area contributed by atoms with E-state index in [1.807, 2.05) is 0 Å². The van der Waals surface area contributed by atoms with Crippen molar-refractivity contribution in [3.8, 4) is 0 Å². The molecule has 3 rings (SSSR count). The van der Waals surface area contributed by atoms with Crippen LogP contribution in [0.4, 0.5) is 5.69 Å². The monoisotopic (exact) mass is 508 g/mol. The summed E-state index contributed by atoms with van der Waals surface area (Å²) in [6.45, 7) is 1.97. The number of amides is 1. The number of ether oxygens (including phenoxy) is 4. The van der Waals surface area contributed by atoms with E-state index < -0.39 is 41.5 Å². The smallest absolute Gasteiger partial charge is 0.340 e. The second-order valence-electron chi connectivity index (χ2n) is 6.84. The molecule has 2 aliphatic heterocycles. The number of esters is 3. The Morgan fingerprint density at radius 2 is 1.72 bits per heavy atom. The fourth-order valence-corrected chi connectivity index (χ4v) is 4.44. The Kier molecular flexibility index (Phi) is 6.31. The summed E-state index contributed by atoms with van der Waals surface area (Å²) in [5.41, 5.74) is 4.06. The van der Waals surface area contributed by atoms with E-state index in [1.54, 1.807) is 25.1 Å². The molecule has 1 spiro atoms. The maximum Gasteiger partial charge on any atom is 0.340 e. The van der Waals surface area contributed by atoms with Crippen LogP contribution in [0.5, 0.6) is 0 Å². The largest absolute Gasteiger partial charge is 0.469 e. The van der Waals surface area contributed by atoms with Crippen LogP contribution < -0.4 is 10.6 Å². The number of hydrogen-bond acceptors (Lipinski definition) is 9. The summed E-state index contributed by atoms with van der Waals surface area (Å²) in [4.78, 5) is 53.5. The summed E-state index contributed by atoms with van der Waals surface area (Å²) in [6, 6.07) is 4.99. The Labute approximate surface area is 192 Å². The van der Waals surface area contributed by atoms with Gasteiger partial charge in [0.1, 0.15) is 28.7 Å². The molecule has 0 fully saturated rings. The molecule has 1 unspecified atom stereocenters. The fourth-order valence-electron chi connectivity index (χ4n) is 4.07. The van der Waals surface area contributed by atoms with Crippen LogP contribution in [0.25, 0.3) is 0 Å². The lowest BCUT2D eigenvalue weighted by molar-refractivity contribution is -0.142. The van der Waals surface area contributed by atoms with Crippen molar-refractivity contribution < 1.29 is 38.1 Å². The zero-order chi connectivity index (χ0) is 23.8. The van der Waals surface area contributed by atoms with Crippen LogP contribution in [0.3, 0.4) is 0 Å². The van der Waals surface area contributed by atoms with Crippen molar-refractivity contribution in [2.24, 2.45) is 5.73 Å². The highest BCUT2D eigenvalue weighted by molar-refractivity contribution is 9.10. The molecule has 1 aromatic carbocycles. The first-order valence-electron chi connectivity index (χ1n) is 9.46. The highest BCUT2D eigenvalue weighted by Crippen LogP contribution is 2.55. The number of carbonyl (C=O) groups excluding carboxylic acids is 4. The number of likely N-dealkylation sites (N-methyl/N-ethyl adjacent to an activating group) is 1. The van der Waals surface area contributed by atoms with Gasteiger partial charge in [0, 0.05) is 22.3 Å². The minimum Gasteiger partial charge on any atom is -0.469 e. The summed E-state index contributed by atoms with van der Waals surface area (Å²) >= 11 is 3.38. The highest BCUT2D eigenvalue weighted by atomic mass is 79.9. The van der Waals surface area contributed by atoms with Crippen molar-refractivity contribution in [1.82, 2.24) is 0 Å². The number of halogens is 1. The molecule has 0 saturated heterocycles. The van der Waals surface area contributed by atoms with E-state index in [0.717, 1.165) is 21.3 Å². The minimum atomic E-state index is -2.05. The van der Waals surface area contributed by atoms with Crippen molar-refractivity contribution in [3.63, 3.8) is 0 Å². The first kappa shape index (κ1) is 23.3. The van der Waals surface area contributed by atoms with Gasteiger partial charge in [0.15, 0.2) is 0 Å². The quantitative estimate of drug-likeness (QED) is 0.462. The minimum absolute atomic E-state index is 0.227. The number of anilines is 1. The molecule has 170 valence electrons. The maximum absolute atomic E-state index is 14.0. The van der Waals surface area contributed by atoms with Crippen molar-refractivity contribution >= 4 is 45.4 Å². The molecule has 32 heavy (non-hydrogen) atoms. The zero-order valence-corrected chi connectivity index (χ0v) is 19.4. The van der Waals surface area contributed by atoms with Gasteiger partial charge in [-0.25, -0.2) is 9.59 Å². The van der Waals surface area contributed by atoms with Gasteiger partial charge in [-0.3, -0.25) is 9.59 Å². The summed E-state index contributed by atoms with van der Waals surface area (Å²) in [5, 5.41) is 0. The van der Waals surface area contributed by atoms with Crippen LogP contribution >= 0.6 is 15.9 Å². The standard InChI is InChI=1S/C21H21BrN2O8/c1-5-24-12-7-6-10(22)8-11(12)21(20(24)28)15(18(26)30-3)13(9-14(25)29-2)32-17(23)16(21)19(27)31-4/h6-8H,5,9,23H2,1-4H3. The number of rotatable bonds is 5. The molecule has 1 atom stereocenters. The SMILES string of the molecule is CCN1C(=O)C2(C(C(=O)OC)=C(N)OC(CC(=O)OC)=C2C(=O)OC)c2cc(Br)ccc21. The van der Waals surface area contributed by atoms with Crippen LogP contribution in [0.2, 0.25) is 0 Å². The Morgan fingerprint density at radius 3 is 2.28 bits per heavy atom. The first-order chi connectivity index (χ1) is 15.2. The molecule has 0 aliphatic carbocycles. The molecule has 0 radical (unpaired) electrons. The van der Waals surface area contributed by atoms with E-state index in [1.165, 1.54) is 4.90 Å². The number of fused-ring (bicyclic) bond motifs is 2. The predicted octanol–water partition coefficient (Wildman–Crippen LogP) is 1.42. The Balaban J connectivity index is 2.52. The zero-order valence-electron chi connectivity index (χ0n) is 17.8. The molecule has 1 amide bonds. The maximum atomic E-state index is 14.0. The van der Waals surface area contributed by atoms with Crippen LogP contribution in [0.15, 0.2) is 45.5 Å². The number of nitrogens with two attached hydrogens (primary N) is 1. The van der Waals surface area contributed by atoms with Crippen LogP contribution in [0.1, 0.15) is 18.9 Å². The molecule has 11 heteroatoms. The molecule has 2 N–H and O–H groups in total. The van der Waals surface area contributed by atoms with Gasteiger partial charge in [0.25, 0.3) is 0 Å². The lowest BCUT2D eigenvalue weighted by Gasteiger charge is -2.36. The van der Waals surface area contributed by atoms with Gasteiger partial charge in [-0.1, -0.05) is 15.9 Å². The summed E-state index contributed by atoms with van der Waals surface area (Å²) < 4.78 is 20.7.